The lowest BCUT2D eigenvalue weighted by molar-refractivity contribution is 0.709. The number of benzene rings is 4. The number of hydrazone groups is 1. The molecular weight excluding hydrogens is 452 g/mol. The molecule has 0 unspecified atom stereocenters. The van der Waals surface area contributed by atoms with Crippen LogP contribution in [0.25, 0.3) is 16.9 Å². The van der Waals surface area contributed by atoms with E-state index in [2.05, 4.69) is 77.9 Å². The van der Waals surface area contributed by atoms with Crippen molar-refractivity contribution in [3.05, 3.63) is 138 Å². The van der Waals surface area contributed by atoms with Crippen LogP contribution in [0.4, 0.5) is 5.69 Å². The molecule has 0 bridgehead atoms. The Labute approximate surface area is 209 Å². The average Bonchev–Trinajstić information content (AvgIpc) is 3.56. The summed E-state index contributed by atoms with van der Waals surface area (Å²) in [5, 5.41) is 13.0. The fraction of sp³-hybridized carbons (Fsp3) is 0.0667. The van der Waals surface area contributed by atoms with Crippen molar-refractivity contribution >= 4 is 23.0 Å². The molecule has 6 rings (SSSR count). The molecule has 5 heteroatoms. The van der Waals surface area contributed by atoms with Gasteiger partial charge in [0.25, 0.3) is 0 Å². The van der Waals surface area contributed by atoms with Crippen LogP contribution in [0.1, 0.15) is 23.6 Å². The minimum absolute atomic E-state index is 0.103. The van der Waals surface area contributed by atoms with Crippen LogP contribution in [0.5, 0.6) is 0 Å². The smallest absolute Gasteiger partial charge is 0.102 e. The second kappa shape index (κ2) is 9.24. The van der Waals surface area contributed by atoms with Gasteiger partial charge in [0.15, 0.2) is 0 Å². The normalized spacial score (nSPS) is 15.3. The molecule has 0 saturated carbocycles. The van der Waals surface area contributed by atoms with E-state index in [1.807, 2.05) is 53.2 Å². The SMILES string of the molecule is Clc1ccc(-c2nn(-c3ccccc3)cc2C2=NN(c3ccccc3)[C@@H](c3ccccc3)C2)cc1. The Morgan fingerprint density at radius 1 is 0.686 bits per heavy atom. The summed E-state index contributed by atoms with van der Waals surface area (Å²) < 4.78 is 1.94. The van der Waals surface area contributed by atoms with E-state index in [-0.39, 0.29) is 6.04 Å². The first-order valence-corrected chi connectivity index (χ1v) is 12.0. The lowest BCUT2D eigenvalue weighted by Gasteiger charge is -2.23. The Balaban J connectivity index is 1.49. The quantitative estimate of drug-likeness (QED) is 0.263. The minimum Gasteiger partial charge on any atom is -0.257 e. The molecule has 0 aliphatic carbocycles. The fourth-order valence-corrected chi connectivity index (χ4v) is 4.67. The lowest BCUT2D eigenvalue weighted by atomic mass is 9.97. The van der Waals surface area contributed by atoms with Crippen LogP contribution in [0.3, 0.4) is 0 Å². The fourth-order valence-electron chi connectivity index (χ4n) is 4.55. The highest BCUT2D eigenvalue weighted by atomic mass is 35.5. The number of aromatic nitrogens is 2. The van der Waals surface area contributed by atoms with Crippen LogP contribution in [-0.2, 0) is 0 Å². The highest BCUT2D eigenvalue weighted by Crippen LogP contribution is 2.38. The summed E-state index contributed by atoms with van der Waals surface area (Å²) in [4.78, 5) is 0. The maximum absolute atomic E-state index is 6.19. The van der Waals surface area contributed by atoms with Crippen LogP contribution in [0, 0.1) is 0 Å². The number of para-hydroxylation sites is 2. The van der Waals surface area contributed by atoms with E-state index in [9.17, 15) is 0 Å². The van der Waals surface area contributed by atoms with Gasteiger partial charge in [0, 0.05) is 28.8 Å². The summed E-state index contributed by atoms with van der Waals surface area (Å²) in [5.74, 6) is 0. The minimum atomic E-state index is 0.103. The van der Waals surface area contributed by atoms with E-state index in [0.717, 1.165) is 40.3 Å². The number of rotatable bonds is 5. The average molecular weight is 475 g/mol. The largest absolute Gasteiger partial charge is 0.257 e. The molecule has 170 valence electrons. The molecule has 2 heterocycles. The van der Waals surface area contributed by atoms with Gasteiger partial charge in [0.1, 0.15) is 5.69 Å². The van der Waals surface area contributed by atoms with Crippen molar-refractivity contribution in [1.29, 1.82) is 0 Å². The van der Waals surface area contributed by atoms with E-state index >= 15 is 0 Å². The molecule has 0 fully saturated rings. The monoisotopic (exact) mass is 474 g/mol. The van der Waals surface area contributed by atoms with E-state index in [1.54, 1.807) is 0 Å². The Kier molecular flexibility index (Phi) is 5.65. The van der Waals surface area contributed by atoms with Crippen LogP contribution in [-0.4, -0.2) is 15.5 Å². The maximum atomic E-state index is 6.19. The number of halogens is 1. The molecule has 35 heavy (non-hydrogen) atoms. The summed E-state index contributed by atoms with van der Waals surface area (Å²) in [6.07, 6.45) is 2.87. The van der Waals surface area contributed by atoms with Crippen molar-refractivity contribution in [1.82, 2.24) is 9.78 Å². The standard InChI is InChI=1S/C30H23ClN4/c31-24-18-16-23(17-19-24)30-27(21-34(33-30)25-12-6-2-7-13-25)28-20-29(22-10-4-1-5-11-22)35(32-28)26-14-8-3-9-15-26/h1-19,21,29H,20H2/t29-/m1/s1. The van der Waals surface area contributed by atoms with Crippen LogP contribution >= 0.6 is 11.6 Å². The molecule has 0 spiro atoms. The van der Waals surface area contributed by atoms with E-state index in [1.165, 1.54) is 5.56 Å². The van der Waals surface area contributed by atoms with Gasteiger partial charge in [-0.1, -0.05) is 90.5 Å². The van der Waals surface area contributed by atoms with E-state index in [0.29, 0.717) is 5.02 Å². The molecule has 0 N–H and O–H groups in total. The third kappa shape index (κ3) is 4.25. The molecule has 4 nitrogen and oxygen atoms in total. The van der Waals surface area contributed by atoms with Crippen molar-refractivity contribution in [3.8, 4) is 16.9 Å². The molecule has 1 aromatic heterocycles. The molecule has 1 aliphatic heterocycles. The number of hydrogen-bond donors (Lipinski definition) is 0. The first-order chi connectivity index (χ1) is 17.3. The highest BCUT2D eigenvalue weighted by Gasteiger charge is 2.32. The molecule has 5 aromatic rings. The molecule has 0 radical (unpaired) electrons. The van der Waals surface area contributed by atoms with Gasteiger partial charge in [-0.05, 0) is 42.0 Å². The molecule has 0 saturated heterocycles. The summed E-state index contributed by atoms with van der Waals surface area (Å²) in [7, 11) is 0. The first kappa shape index (κ1) is 21.4. The predicted octanol–water partition coefficient (Wildman–Crippen LogP) is 7.55. The Bertz CT molecular complexity index is 1460. The summed E-state index contributed by atoms with van der Waals surface area (Å²) in [6, 6.07) is 39.0. The molecule has 1 aliphatic rings. The number of anilines is 1. The third-order valence-electron chi connectivity index (χ3n) is 6.28. The number of nitrogens with zero attached hydrogens (tertiary/aromatic N) is 4. The lowest BCUT2D eigenvalue weighted by Crippen LogP contribution is -2.18. The van der Waals surface area contributed by atoms with Gasteiger partial charge in [0.2, 0.25) is 0 Å². The molecule has 1 atom stereocenters. The van der Waals surface area contributed by atoms with Crippen LogP contribution < -0.4 is 5.01 Å². The summed E-state index contributed by atoms with van der Waals surface area (Å²) in [5.41, 5.74) is 7.25. The topological polar surface area (TPSA) is 33.4 Å². The van der Waals surface area contributed by atoms with Gasteiger partial charge in [-0.2, -0.15) is 10.2 Å². The van der Waals surface area contributed by atoms with Gasteiger partial charge in [-0.25, -0.2) is 4.68 Å². The van der Waals surface area contributed by atoms with Gasteiger partial charge < -0.3 is 0 Å². The van der Waals surface area contributed by atoms with Gasteiger partial charge in [-0.15, -0.1) is 0 Å². The molecule has 4 aromatic carbocycles. The maximum Gasteiger partial charge on any atom is 0.102 e. The van der Waals surface area contributed by atoms with Crippen molar-refractivity contribution in [2.75, 3.05) is 5.01 Å². The predicted molar refractivity (Wildman–Crippen MR) is 143 cm³/mol. The van der Waals surface area contributed by atoms with Crippen LogP contribution in [0.15, 0.2) is 127 Å². The highest BCUT2D eigenvalue weighted by molar-refractivity contribution is 6.30. The zero-order chi connectivity index (χ0) is 23.6. The van der Waals surface area contributed by atoms with Crippen molar-refractivity contribution in [2.45, 2.75) is 12.5 Å². The first-order valence-electron chi connectivity index (χ1n) is 11.6. The Hall–Kier alpha value is -4.15. The van der Waals surface area contributed by atoms with Gasteiger partial charge in [-0.3, -0.25) is 5.01 Å². The zero-order valence-corrected chi connectivity index (χ0v) is 19.8. The molecule has 0 amide bonds. The number of hydrogen-bond acceptors (Lipinski definition) is 3. The second-order valence-electron chi connectivity index (χ2n) is 8.54. The van der Waals surface area contributed by atoms with E-state index < -0.39 is 0 Å². The molecular formula is C30H23ClN4. The third-order valence-corrected chi connectivity index (χ3v) is 6.53. The summed E-state index contributed by atoms with van der Waals surface area (Å²) >= 11 is 6.19. The zero-order valence-electron chi connectivity index (χ0n) is 19.0. The summed E-state index contributed by atoms with van der Waals surface area (Å²) in [6.45, 7) is 0. The Morgan fingerprint density at radius 3 is 1.94 bits per heavy atom. The van der Waals surface area contributed by atoms with Crippen LogP contribution in [0.2, 0.25) is 5.02 Å². The van der Waals surface area contributed by atoms with Crippen molar-refractivity contribution in [2.24, 2.45) is 5.10 Å². The Morgan fingerprint density at radius 2 is 1.29 bits per heavy atom. The van der Waals surface area contributed by atoms with E-state index in [4.69, 9.17) is 21.8 Å². The second-order valence-corrected chi connectivity index (χ2v) is 8.97. The van der Waals surface area contributed by atoms with Crippen molar-refractivity contribution < 1.29 is 0 Å². The van der Waals surface area contributed by atoms with Gasteiger partial charge in [0.05, 0.1) is 23.1 Å². The van der Waals surface area contributed by atoms with Gasteiger partial charge >= 0.3 is 0 Å². The van der Waals surface area contributed by atoms with Crippen molar-refractivity contribution in [3.63, 3.8) is 0 Å².